The van der Waals surface area contributed by atoms with Crippen molar-refractivity contribution in [2.75, 3.05) is 0 Å². The first-order chi connectivity index (χ1) is 10.1. The summed E-state index contributed by atoms with van der Waals surface area (Å²) in [7, 11) is 0. The molecule has 0 radical (unpaired) electrons. The van der Waals surface area contributed by atoms with E-state index in [1.54, 1.807) is 0 Å². The molecule has 114 valence electrons. The Bertz CT molecular complexity index is 610. The fourth-order valence-electron chi connectivity index (χ4n) is 2.38. The number of hydrazine groups is 1. The molecule has 6 heteroatoms. The van der Waals surface area contributed by atoms with Crippen LogP contribution in [0.5, 0.6) is 0 Å². The Labute approximate surface area is 122 Å². The molecule has 4 nitrogen and oxygen atoms in total. The third-order valence-corrected chi connectivity index (χ3v) is 3.53. The van der Waals surface area contributed by atoms with E-state index in [0.717, 1.165) is 30.4 Å². The largest absolute Gasteiger partial charge is 0.271 e. The van der Waals surface area contributed by atoms with E-state index >= 15 is 0 Å². The minimum Gasteiger partial charge on any atom is -0.271 e. The molecule has 0 aliphatic carbocycles. The third kappa shape index (κ3) is 3.46. The average Bonchev–Trinajstić information content (AvgIpc) is 2.87. The van der Waals surface area contributed by atoms with Crippen LogP contribution in [-0.4, -0.2) is 9.78 Å². The normalized spacial score (nSPS) is 12.6. The molecule has 2 rings (SSSR count). The maximum Gasteiger partial charge on any atom is 0.130 e. The Morgan fingerprint density at radius 3 is 2.62 bits per heavy atom. The molecular formula is C15H20F2N4. The molecule has 0 amide bonds. The molecule has 0 aliphatic rings. The maximum absolute atomic E-state index is 13.9. The first kappa shape index (κ1) is 15.6. The van der Waals surface area contributed by atoms with E-state index in [2.05, 4.69) is 10.5 Å². The molecule has 0 spiro atoms. The monoisotopic (exact) mass is 294 g/mol. The Morgan fingerprint density at radius 2 is 2.05 bits per heavy atom. The van der Waals surface area contributed by atoms with Gasteiger partial charge in [-0.1, -0.05) is 13.0 Å². The summed E-state index contributed by atoms with van der Waals surface area (Å²) in [6.07, 6.45) is 1.32. The predicted octanol–water partition coefficient (Wildman–Crippen LogP) is 2.49. The minimum absolute atomic E-state index is 0.348. The molecule has 1 aromatic carbocycles. The van der Waals surface area contributed by atoms with Crippen molar-refractivity contribution < 1.29 is 8.78 Å². The number of halogens is 2. The highest BCUT2D eigenvalue weighted by molar-refractivity contribution is 5.24. The van der Waals surface area contributed by atoms with Crippen LogP contribution in [0.4, 0.5) is 8.78 Å². The highest BCUT2D eigenvalue weighted by atomic mass is 19.1. The zero-order valence-corrected chi connectivity index (χ0v) is 12.2. The van der Waals surface area contributed by atoms with Crippen LogP contribution in [0.15, 0.2) is 24.3 Å². The topological polar surface area (TPSA) is 55.9 Å². The average molecular weight is 294 g/mol. The molecule has 1 atom stereocenters. The van der Waals surface area contributed by atoms with E-state index in [9.17, 15) is 8.78 Å². The van der Waals surface area contributed by atoms with E-state index in [4.69, 9.17) is 5.84 Å². The van der Waals surface area contributed by atoms with Gasteiger partial charge in [0.15, 0.2) is 0 Å². The van der Waals surface area contributed by atoms with Gasteiger partial charge in [-0.2, -0.15) is 5.10 Å². The minimum atomic E-state index is -0.601. The molecule has 2 aromatic rings. The second-order valence-corrected chi connectivity index (χ2v) is 4.89. The molecule has 1 unspecified atom stereocenters. The molecule has 1 heterocycles. The molecule has 0 fully saturated rings. The number of hydrogen-bond donors (Lipinski definition) is 2. The number of nitrogens with two attached hydrogens (primary N) is 1. The first-order valence-corrected chi connectivity index (χ1v) is 7.05. The summed E-state index contributed by atoms with van der Waals surface area (Å²) in [4.78, 5) is 0. The fourth-order valence-corrected chi connectivity index (χ4v) is 2.38. The van der Waals surface area contributed by atoms with Crippen LogP contribution >= 0.6 is 0 Å². The predicted molar refractivity (Wildman–Crippen MR) is 77.4 cm³/mol. The van der Waals surface area contributed by atoms with Crippen molar-refractivity contribution in [1.29, 1.82) is 0 Å². The van der Waals surface area contributed by atoms with Gasteiger partial charge < -0.3 is 0 Å². The van der Waals surface area contributed by atoms with Gasteiger partial charge in [-0.05, 0) is 25.5 Å². The van der Waals surface area contributed by atoms with E-state index in [1.165, 1.54) is 12.1 Å². The number of nitrogens with zero attached hydrogens (tertiary/aromatic N) is 2. The third-order valence-electron chi connectivity index (χ3n) is 3.53. The zero-order valence-electron chi connectivity index (χ0n) is 12.2. The second kappa shape index (κ2) is 6.78. The Kier molecular flexibility index (Phi) is 5.03. The van der Waals surface area contributed by atoms with Gasteiger partial charge in [0.25, 0.3) is 0 Å². The lowest BCUT2D eigenvalue weighted by molar-refractivity contribution is 0.485. The van der Waals surface area contributed by atoms with Crippen LogP contribution in [0.2, 0.25) is 0 Å². The summed E-state index contributed by atoms with van der Waals surface area (Å²) in [5.41, 5.74) is 4.91. The fraction of sp³-hybridized carbons (Fsp3) is 0.400. The molecule has 0 aliphatic heterocycles. The molecule has 0 saturated heterocycles. The van der Waals surface area contributed by atoms with Gasteiger partial charge >= 0.3 is 0 Å². The first-order valence-electron chi connectivity index (χ1n) is 7.05. The van der Waals surface area contributed by atoms with Gasteiger partial charge in [-0.15, -0.1) is 0 Å². The van der Waals surface area contributed by atoms with E-state index in [0.29, 0.717) is 12.0 Å². The molecule has 0 bridgehead atoms. The number of nitrogens with one attached hydrogen (secondary N) is 1. The van der Waals surface area contributed by atoms with Crippen LogP contribution < -0.4 is 11.3 Å². The van der Waals surface area contributed by atoms with Crippen molar-refractivity contribution in [3.8, 4) is 0 Å². The van der Waals surface area contributed by atoms with Gasteiger partial charge in [-0.3, -0.25) is 16.0 Å². The number of hydrogen-bond acceptors (Lipinski definition) is 3. The Hall–Kier alpha value is -1.79. The smallest absolute Gasteiger partial charge is 0.130 e. The summed E-state index contributed by atoms with van der Waals surface area (Å²) in [5, 5.41) is 4.46. The van der Waals surface area contributed by atoms with Gasteiger partial charge in [0, 0.05) is 30.3 Å². The van der Waals surface area contributed by atoms with Crippen molar-refractivity contribution in [1.82, 2.24) is 15.2 Å². The summed E-state index contributed by atoms with van der Waals surface area (Å²) < 4.78 is 28.8. The quantitative estimate of drug-likeness (QED) is 0.636. The molecule has 3 N–H and O–H groups in total. The van der Waals surface area contributed by atoms with Gasteiger partial charge in [-0.25, -0.2) is 8.78 Å². The molecule has 0 saturated carbocycles. The van der Waals surface area contributed by atoms with Crippen molar-refractivity contribution in [3.05, 3.63) is 52.9 Å². The highest BCUT2D eigenvalue weighted by Crippen LogP contribution is 2.22. The zero-order chi connectivity index (χ0) is 15.4. The second-order valence-electron chi connectivity index (χ2n) is 4.89. The molecule has 21 heavy (non-hydrogen) atoms. The summed E-state index contributed by atoms with van der Waals surface area (Å²) in [6.45, 7) is 4.77. The van der Waals surface area contributed by atoms with Gasteiger partial charge in [0.1, 0.15) is 11.6 Å². The van der Waals surface area contributed by atoms with E-state index < -0.39 is 17.7 Å². The van der Waals surface area contributed by atoms with Crippen LogP contribution in [0, 0.1) is 11.6 Å². The van der Waals surface area contributed by atoms with Gasteiger partial charge in [0.05, 0.1) is 11.7 Å². The summed E-state index contributed by atoms with van der Waals surface area (Å²) in [6, 6.07) is 5.08. The standard InChI is InChI=1S/C15H20F2N4/c1-3-11-8-12(21(4-2)20-11)9-15(19-18)13-6-5-10(16)7-14(13)17/h5-8,15,19H,3-4,9,18H2,1-2H3. The van der Waals surface area contributed by atoms with Crippen LogP contribution in [0.3, 0.4) is 0 Å². The lowest BCUT2D eigenvalue weighted by atomic mass is 10.0. The molecular weight excluding hydrogens is 274 g/mol. The molecule has 1 aromatic heterocycles. The SMILES string of the molecule is CCc1cc(CC(NN)c2ccc(F)cc2F)n(CC)n1. The van der Waals surface area contributed by atoms with E-state index in [-0.39, 0.29) is 0 Å². The summed E-state index contributed by atoms with van der Waals surface area (Å²) in [5.74, 6) is 4.35. The summed E-state index contributed by atoms with van der Waals surface area (Å²) >= 11 is 0. The number of aromatic nitrogens is 2. The lowest BCUT2D eigenvalue weighted by Crippen LogP contribution is -2.31. The Balaban J connectivity index is 2.28. The number of rotatable bonds is 6. The van der Waals surface area contributed by atoms with Crippen molar-refractivity contribution in [3.63, 3.8) is 0 Å². The highest BCUT2D eigenvalue weighted by Gasteiger charge is 2.18. The maximum atomic E-state index is 13.9. The van der Waals surface area contributed by atoms with Crippen LogP contribution in [0.1, 0.15) is 36.8 Å². The van der Waals surface area contributed by atoms with Crippen molar-refractivity contribution in [2.24, 2.45) is 5.84 Å². The van der Waals surface area contributed by atoms with Crippen molar-refractivity contribution in [2.45, 2.75) is 39.3 Å². The van der Waals surface area contributed by atoms with Crippen LogP contribution in [-0.2, 0) is 19.4 Å². The van der Waals surface area contributed by atoms with Crippen LogP contribution in [0.25, 0.3) is 0 Å². The Morgan fingerprint density at radius 1 is 1.29 bits per heavy atom. The van der Waals surface area contributed by atoms with Crippen molar-refractivity contribution >= 4 is 0 Å². The lowest BCUT2D eigenvalue weighted by Gasteiger charge is -2.17. The van der Waals surface area contributed by atoms with E-state index in [1.807, 2.05) is 24.6 Å². The number of benzene rings is 1. The number of aryl methyl sites for hydroxylation is 2. The van der Waals surface area contributed by atoms with Gasteiger partial charge in [0.2, 0.25) is 0 Å².